The van der Waals surface area contributed by atoms with Crippen molar-refractivity contribution >= 4 is 21.8 Å². The molecule has 0 saturated heterocycles. The topological polar surface area (TPSA) is 87.8 Å². The standard InChI is InChI=1S/C20H20BrN3O5/c1-13-16(21)10-24(23-13)8-2-7-22-20(25)18-6-4-15(29-18)11-26-14-3-5-17-19(9-14)28-12-27-17/h3-6,9-10H,2,7-8,11-12H2,1H3,(H,22,25). The molecule has 3 heterocycles. The lowest BCUT2D eigenvalue weighted by atomic mass is 10.3. The molecule has 8 nitrogen and oxygen atoms in total. The predicted octanol–water partition coefficient (Wildman–Crippen LogP) is 3.67. The van der Waals surface area contributed by atoms with E-state index >= 15 is 0 Å². The molecule has 1 aromatic carbocycles. The second-order valence-corrected chi connectivity index (χ2v) is 7.36. The van der Waals surface area contributed by atoms with Crippen LogP contribution in [0.2, 0.25) is 0 Å². The summed E-state index contributed by atoms with van der Waals surface area (Å²) in [6, 6.07) is 8.72. The highest BCUT2D eigenvalue weighted by atomic mass is 79.9. The van der Waals surface area contributed by atoms with Crippen LogP contribution in [-0.4, -0.2) is 29.0 Å². The molecular weight excluding hydrogens is 442 g/mol. The fourth-order valence-electron chi connectivity index (χ4n) is 2.84. The number of carbonyl (C=O) groups is 1. The fraction of sp³-hybridized carbons (Fsp3) is 0.300. The highest BCUT2D eigenvalue weighted by molar-refractivity contribution is 9.10. The molecule has 152 valence electrons. The van der Waals surface area contributed by atoms with Crippen molar-refractivity contribution in [2.75, 3.05) is 13.3 Å². The van der Waals surface area contributed by atoms with Crippen molar-refractivity contribution in [2.24, 2.45) is 0 Å². The second-order valence-electron chi connectivity index (χ2n) is 6.50. The summed E-state index contributed by atoms with van der Waals surface area (Å²) >= 11 is 3.43. The number of nitrogens with zero attached hydrogens (tertiary/aromatic N) is 2. The Morgan fingerprint density at radius 2 is 2.14 bits per heavy atom. The molecule has 0 atom stereocenters. The molecule has 0 saturated carbocycles. The van der Waals surface area contributed by atoms with Crippen LogP contribution in [0.4, 0.5) is 0 Å². The van der Waals surface area contributed by atoms with Crippen molar-refractivity contribution in [2.45, 2.75) is 26.5 Å². The zero-order valence-corrected chi connectivity index (χ0v) is 17.4. The Bertz CT molecular complexity index is 994. The number of carbonyl (C=O) groups excluding carboxylic acids is 1. The number of ether oxygens (including phenoxy) is 3. The average Bonchev–Trinajstić information content (AvgIpc) is 3.44. The van der Waals surface area contributed by atoms with Crippen LogP contribution >= 0.6 is 15.9 Å². The minimum atomic E-state index is -0.253. The SMILES string of the molecule is Cc1nn(CCCNC(=O)c2ccc(COc3ccc4c(c3)OCO4)o2)cc1Br. The summed E-state index contributed by atoms with van der Waals surface area (Å²) in [5.41, 5.74) is 0.945. The monoisotopic (exact) mass is 461 g/mol. The van der Waals surface area contributed by atoms with Crippen LogP contribution in [-0.2, 0) is 13.2 Å². The molecule has 0 bridgehead atoms. The number of aromatic nitrogens is 2. The first-order valence-electron chi connectivity index (χ1n) is 9.17. The normalized spacial score (nSPS) is 12.2. The predicted molar refractivity (Wildman–Crippen MR) is 107 cm³/mol. The van der Waals surface area contributed by atoms with Crippen LogP contribution in [0.15, 0.2) is 45.4 Å². The zero-order chi connectivity index (χ0) is 20.2. The molecule has 29 heavy (non-hydrogen) atoms. The van der Waals surface area contributed by atoms with Gasteiger partial charge in [-0.05, 0) is 53.5 Å². The van der Waals surface area contributed by atoms with Gasteiger partial charge in [0.2, 0.25) is 6.79 Å². The smallest absolute Gasteiger partial charge is 0.286 e. The van der Waals surface area contributed by atoms with Gasteiger partial charge in [-0.25, -0.2) is 0 Å². The van der Waals surface area contributed by atoms with Gasteiger partial charge in [-0.15, -0.1) is 0 Å². The molecule has 0 spiro atoms. The van der Waals surface area contributed by atoms with Gasteiger partial charge in [-0.2, -0.15) is 5.10 Å². The molecule has 1 aliphatic heterocycles. The third-order valence-electron chi connectivity index (χ3n) is 4.35. The lowest BCUT2D eigenvalue weighted by Crippen LogP contribution is -2.24. The Morgan fingerprint density at radius 3 is 2.97 bits per heavy atom. The maximum atomic E-state index is 12.2. The van der Waals surface area contributed by atoms with E-state index in [-0.39, 0.29) is 25.1 Å². The molecular formula is C20H20BrN3O5. The van der Waals surface area contributed by atoms with E-state index in [9.17, 15) is 4.79 Å². The molecule has 1 amide bonds. The summed E-state index contributed by atoms with van der Waals surface area (Å²) in [6.45, 7) is 3.61. The third-order valence-corrected chi connectivity index (χ3v) is 5.13. The number of amides is 1. The fourth-order valence-corrected chi connectivity index (χ4v) is 3.15. The number of hydrogen-bond acceptors (Lipinski definition) is 6. The highest BCUT2D eigenvalue weighted by Gasteiger charge is 2.15. The Labute approximate surface area is 175 Å². The van der Waals surface area contributed by atoms with Gasteiger partial charge in [-0.1, -0.05) is 0 Å². The van der Waals surface area contributed by atoms with Crippen LogP contribution in [0.1, 0.15) is 28.4 Å². The Hall–Kier alpha value is -2.94. The maximum Gasteiger partial charge on any atom is 0.286 e. The van der Waals surface area contributed by atoms with Crippen LogP contribution in [0.3, 0.4) is 0 Å². The first-order chi connectivity index (χ1) is 14.1. The minimum absolute atomic E-state index is 0.209. The lowest BCUT2D eigenvalue weighted by molar-refractivity contribution is 0.0920. The summed E-state index contributed by atoms with van der Waals surface area (Å²) in [5, 5.41) is 7.21. The van der Waals surface area contributed by atoms with Crippen molar-refractivity contribution < 1.29 is 23.4 Å². The molecule has 0 aliphatic carbocycles. The maximum absolute atomic E-state index is 12.2. The van der Waals surface area contributed by atoms with Crippen molar-refractivity contribution in [1.29, 1.82) is 0 Å². The minimum Gasteiger partial charge on any atom is -0.486 e. The molecule has 4 rings (SSSR count). The first-order valence-corrected chi connectivity index (χ1v) is 9.97. The van der Waals surface area contributed by atoms with Gasteiger partial charge >= 0.3 is 0 Å². The van der Waals surface area contributed by atoms with Crippen LogP contribution in [0.5, 0.6) is 17.2 Å². The Kier molecular flexibility index (Phi) is 5.75. The summed E-state index contributed by atoms with van der Waals surface area (Å²) in [4.78, 5) is 12.2. The summed E-state index contributed by atoms with van der Waals surface area (Å²) in [6.07, 6.45) is 2.69. The molecule has 1 aliphatic rings. The van der Waals surface area contributed by atoms with Gasteiger partial charge in [0, 0.05) is 25.4 Å². The highest BCUT2D eigenvalue weighted by Crippen LogP contribution is 2.35. The van der Waals surface area contributed by atoms with E-state index in [4.69, 9.17) is 18.6 Å². The number of rotatable bonds is 8. The first kappa shape index (κ1) is 19.4. The van der Waals surface area contributed by atoms with E-state index in [2.05, 4.69) is 26.3 Å². The summed E-state index contributed by atoms with van der Waals surface area (Å²) in [7, 11) is 0. The summed E-state index contributed by atoms with van der Waals surface area (Å²) in [5.74, 6) is 2.55. The number of hydrogen-bond donors (Lipinski definition) is 1. The number of benzene rings is 1. The van der Waals surface area contributed by atoms with E-state index < -0.39 is 0 Å². The van der Waals surface area contributed by atoms with E-state index in [1.165, 1.54) is 0 Å². The third kappa shape index (κ3) is 4.73. The Balaban J connectivity index is 1.22. The van der Waals surface area contributed by atoms with Crippen molar-refractivity contribution in [3.8, 4) is 17.2 Å². The summed E-state index contributed by atoms with van der Waals surface area (Å²) < 4.78 is 24.7. The molecule has 9 heteroatoms. The van der Waals surface area contributed by atoms with Gasteiger partial charge in [0.25, 0.3) is 5.91 Å². The van der Waals surface area contributed by atoms with Crippen LogP contribution in [0.25, 0.3) is 0 Å². The largest absolute Gasteiger partial charge is 0.486 e. The zero-order valence-electron chi connectivity index (χ0n) is 15.8. The average molecular weight is 462 g/mol. The Morgan fingerprint density at radius 1 is 1.28 bits per heavy atom. The van der Waals surface area contributed by atoms with E-state index in [1.807, 2.05) is 17.8 Å². The van der Waals surface area contributed by atoms with Gasteiger partial charge in [0.15, 0.2) is 17.3 Å². The quantitative estimate of drug-likeness (QED) is 0.514. The number of halogens is 1. The van der Waals surface area contributed by atoms with Gasteiger partial charge < -0.3 is 23.9 Å². The van der Waals surface area contributed by atoms with E-state index in [0.29, 0.717) is 29.6 Å². The van der Waals surface area contributed by atoms with Gasteiger partial charge in [0.1, 0.15) is 18.1 Å². The van der Waals surface area contributed by atoms with Crippen molar-refractivity contribution in [3.63, 3.8) is 0 Å². The van der Waals surface area contributed by atoms with Crippen LogP contribution < -0.4 is 19.5 Å². The van der Waals surface area contributed by atoms with E-state index in [1.54, 1.807) is 30.3 Å². The van der Waals surface area contributed by atoms with Gasteiger partial charge in [-0.3, -0.25) is 9.48 Å². The number of furan rings is 1. The van der Waals surface area contributed by atoms with E-state index in [0.717, 1.165) is 23.1 Å². The second kappa shape index (κ2) is 8.60. The molecule has 0 fully saturated rings. The number of aryl methyl sites for hydroxylation is 2. The molecule has 3 aromatic rings. The van der Waals surface area contributed by atoms with Crippen molar-refractivity contribution in [1.82, 2.24) is 15.1 Å². The molecule has 0 unspecified atom stereocenters. The molecule has 0 radical (unpaired) electrons. The lowest BCUT2D eigenvalue weighted by Gasteiger charge is -2.05. The van der Waals surface area contributed by atoms with Gasteiger partial charge in [0.05, 0.1) is 10.2 Å². The molecule has 2 aromatic heterocycles. The van der Waals surface area contributed by atoms with Crippen molar-refractivity contribution in [3.05, 3.63) is 58.2 Å². The number of fused-ring (bicyclic) bond motifs is 1. The molecule has 1 N–H and O–H groups in total. The van der Waals surface area contributed by atoms with Crippen LogP contribution in [0, 0.1) is 6.92 Å². The number of nitrogens with one attached hydrogen (secondary N) is 1.